The summed E-state index contributed by atoms with van der Waals surface area (Å²) < 4.78 is 14.1. The molecule has 0 heterocycles. The topological polar surface area (TPSA) is 76.1 Å². The van der Waals surface area contributed by atoms with Gasteiger partial charge in [-0.3, -0.25) is 11.7 Å². The summed E-state index contributed by atoms with van der Waals surface area (Å²) in [4.78, 5) is 0. The van der Waals surface area contributed by atoms with Crippen LogP contribution in [0, 0.1) is 5.82 Å². The Morgan fingerprint density at radius 2 is 1.40 bits per heavy atom. The zero-order valence-corrected chi connectivity index (χ0v) is 14.2. The van der Waals surface area contributed by atoms with Crippen LogP contribution in [0.1, 0.15) is 0 Å². The van der Waals surface area contributed by atoms with Crippen LogP contribution in [0.25, 0.3) is 0 Å². The maximum Gasteiger partial charge on any atom is 0.125 e. The van der Waals surface area contributed by atoms with Crippen molar-refractivity contribution in [3.63, 3.8) is 0 Å². The average molecular weight is 429 g/mol. The fourth-order valence-corrected chi connectivity index (χ4v) is 1.95. The number of anilines is 2. The fraction of sp³-hybridized carbons (Fsp3) is 0. The number of nitrogen functional groups attached to an aromatic ring is 2. The molecule has 4 nitrogen and oxygen atoms in total. The molecule has 2 rings (SSSR count). The third kappa shape index (κ3) is 6.06. The van der Waals surface area contributed by atoms with E-state index in [9.17, 15) is 4.39 Å². The second kappa shape index (κ2) is 9.95. The summed E-state index contributed by atoms with van der Waals surface area (Å²) in [7, 11) is 0. The van der Waals surface area contributed by atoms with E-state index < -0.39 is 0 Å². The molecule has 0 bridgehead atoms. The highest BCUT2D eigenvalue weighted by Gasteiger charge is 1.97. The molecule has 0 aliphatic heterocycles. The summed E-state index contributed by atoms with van der Waals surface area (Å²) in [6.45, 7) is 0. The normalized spacial score (nSPS) is 8.85. The molecule has 2 aromatic rings. The van der Waals surface area contributed by atoms with Gasteiger partial charge in [-0.25, -0.2) is 4.39 Å². The van der Waals surface area contributed by atoms with Crippen molar-refractivity contribution in [1.29, 1.82) is 0 Å². The number of hydrazine groups is 2. The predicted octanol–water partition coefficient (Wildman–Crippen LogP) is 4.03. The van der Waals surface area contributed by atoms with Gasteiger partial charge in [0.15, 0.2) is 0 Å². The van der Waals surface area contributed by atoms with Gasteiger partial charge in [-0.2, -0.15) is 0 Å². The van der Waals surface area contributed by atoms with Crippen molar-refractivity contribution >= 4 is 55.6 Å². The number of para-hydroxylation sites is 1. The van der Waals surface area contributed by atoms with Gasteiger partial charge in [0.1, 0.15) is 5.82 Å². The first-order valence-electron chi connectivity index (χ1n) is 5.21. The molecular weight excluding hydrogens is 414 g/mol. The van der Waals surface area contributed by atoms with Gasteiger partial charge >= 0.3 is 0 Å². The lowest BCUT2D eigenvalue weighted by molar-refractivity contribution is 0.628. The van der Waals surface area contributed by atoms with Gasteiger partial charge < -0.3 is 10.9 Å². The average Bonchev–Trinajstić information content (AvgIpc) is 2.43. The Hall–Kier alpha value is -0.860. The van der Waals surface area contributed by atoms with E-state index >= 15 is 0 Å². The molecule has 0 aliphatic rings. The van der Waals surface area contributed by atoms with Gasteiger partial charge in [0, 0.05) is 8.95 Å². The van der Waals surface area contributed by atoms with Gasteiger partial charge in [0.2, 0.25) is 0 Å². The summed E-state index contributed by atoms with van der Waals surface area (Å²) in [5.41, 5.74) is 6.34. The summed E-state index contributed by atoms with van der Waals surface area (Å²) in [5.74, 6) is 9.93. The van der Waals surface area contributed by atoms with Crippen molar-refractivity contribution < 1.29 is 4.39 Å². The molecule has 6 N–H and O–H groups in total. The lowest BCUT2D eigenvalue weighted by atomic mass is 10.3. The molecule has 2 aromatic carbocycles. The molecule has 110 valence electrons. The minimum absolute atomic E-state index is 0. The monoisotopic (exact) mass is 426 g/mol. The Kier molecular flexibility index (Phi) is 9.52. The van der Waals surface area contributed by atoms with E-state index in [4.69, 9.17) is 11.7 Å². The van der Waals surface area contributed by atoms with Crippen molar-refractivity contribution in [2.75, 3.05) is 10.9 Å². The van der Waals surface area contributed by atoms with Crippen LogP contribution in [-0.2, 0) is 0 Å². The van der Waals surface area contributed by atoms with Crippen LogP contribution in [-0.4, -0.2) is 0 Å². The van der Waals surface area contributed by atoms with E-state index in [0.29, 0.717) is 5.69 Å². The number of nitrogens with two attached hydrogens (primary N) is 2. The molecule has 0 saturated carbocycles. The standard InChI is InChI=1S/C6H6BrFN2.C6H7BrN2.ClH/c7-5-2-1-4(8)3-6(5)10-9;7-5-3-1-2-4-6(5)9-8;/h1-3,10H,9H2;1-4,9H,8H2;1H. The van der Waals surface area contributed by atoms with E-state index in [1.54, 1.807) is 6.07 Å². The van der Waals surface area contributed by atoms with E-state index in [-0.39, 0.29) is 18.2 Å². The molecule has 20 heavy (non-hydrogen) atoms. The van der Waals surface area contributed by atoms with E-state index in [1.807, 2.05) is 24.3 Å². The maximum absolute atomic E-state index is 12.4. The second-order valence-corrected chi connectivity index (χ2v) is 5.10. The highest BCUT2D eigenvalue weighted by atomic mass is 79.9. The minimum atomic E-state index is -0.309. The number of hydrogen-bond acceptors (Lipinski definition) is 4. The summed E-state index contributed by atoms with van der Waals surface area (Å²) in [6.07, 6.45) is 0. The van der Waals surface area contributed by atoms with E-state index in [2.05, 4.69) is 42.7 Å². The molecule has 8 heteroatoms. The first kappa shape index (κ1) is 19.1. The maximum atomic E-state index is 12.4. The van der Waals surface area contributed by atoms with Gasteiger partial charge in [0.25, 0.3) is 0 Å². The molecule has 0 unspecified atom stereocenters. The molecule has 0 saturated heterocycles. The smallest absolute Gasteiger partial charge is 0.125 e. The van der Waals surface area contributed by atoms with Crippen molar-refractivity contribution in [2.24, 2.45) is 11.7 Å². The van der Waals surface area contributed by atoms with Gasteiger partial charge in [-0.15, -0.1) is 12.4 Å². The number of rotatable bonds is 2. The van der Waals surface area contributed by atoms with Gasteiger partial charge in [-0.05, 0) is 62.2 Å². The van der Waals surface area contributed by atoms with Crippen LogP contribution in [0.5, 0.6) is 0 Å². The zero-order valence-electron chi connectivity index (χ0n) is 10.2. The summed E-state index contributed by atoms with van der Waals surface area (Å²) >= 11 is 6.50. The molecule has 0 fully saturated rings. The van der Waals surface area contributed by atoms with Crippen LogP contribution < -0.4 is 22.5 Å². The molecule has 0 aromatic heterocycles. The number of halogens is 4. The first-order valence-corrected chi connectivity index (χ1v) is 6.80. The zero-order chi connectivity index (χ0) is 14.3. The summed E-state index contributed by atoms with van der Waals surface area (Å²) in [5, 5.41) is 0. The Balaban J connectivity index is 0.000000345. The van der Waals surface area contributed by atoms with E-state index in [0.717, 1.165) is 14.6 Å². The van der Waals surface area contributed by atoms with Crippen molar-refractivity contribution in [1.82, 2.24) is 0 Å². The van der Waals surface area contributed by atoms with Crippen LogP contribution in [0.15, 0.2) is 51.4 Å². The molecule has 0 aliphatic carbocycles. The second-order valence-electron chi connectivity index (χ2n) is 3.39. The Labute approximate surface area is 139 Å². The Morgan fingerprint density at radius 3 is 1.85 bits per heavy atom. The molecule has 0 atom stereocenters. The SMILES string of the molecule is Cl.NNc1cc(F)ccc1Br.NNc1ccccc1Br. The number of benzene rings is 2. The Morgan fingerprint density at radius 1 is 0.850 bits per heavy atom. The molecule has 0 amide bonds. The third-order valence-corrected chi connectivity index (χ3v) is 3.50. The Bertz CT molecular complexity index is 543. The highest BCUT2D eigenvalue weighted by molar-refractivity contribution is 9.11. The third-order valence-electron chi connectivity index (χ3n) is 2.11. The van der Waals surface area contributed by atoms with Crippen LogP contribution >= 0.6 is 44.3 Å². The summed E-state index contributed by atoms with van der Waals surface area (Å²) in [6, 6.07) is 11.9. The molecule has 0 spiro atoms. The van der Waals surface area contributed by atoms with Gasteiger partial charge in [-0.1, -0.05) is 12.1 Å². The number of nitrogens with one attached hydrogen (secondary N) is 2. The number of hydrogen-bond donors (Lipinski definition) is 4. The van der Waals surface area contributed by atoms with Crippen molar-refractivity contribution in [3.05, 3.63) is 57.2 Å². The highest BCUT2D eigenvalue weighted by Crippen LogP contribution is 2.21. The van der Waals surface area contributed by atoms with Gasteiger partial charge in [0.05, 0.1) is 11.4 Å². The quantitative estimate of drug-likeness (QED) is 0.430. The lowest BCUT2D eigenvalue weighted by Gasteiger charge is -2.01. The fourth-order valence-electron chi connectivity index (χ4n) is 1.19. The minimum Gasteiger partial charge on any atom is -0.323 e. The molecular formula is C12H14Br2ClFN4. The van der Waals surface area contributed by atoms with Crippen LogP contribution in [0.3, 0.4) is 0 Å². The first-order chi connectivity index (χ1) is 9.08. The van der Waals surface area contributed by atoms with E-state index in [1.165, 1.54) is 12.1 Å². The van der Waals surface area contributed by atoms with Crippen molar-refractivity contribution in [3.8, 4) is 0 Å². The van der Waals surface area contributed by atoms with Crippen LogP contribution in [0.4, 0.5) is 15.8 Å². The van der Waals surface area contributed by atoms with Crippen LogP contribution in [0.2, 0.25) is 0 Å². The predicted molar refractivity (Wildman–Crippen MR) is 91.1 cm³/mol. The largest absolute Gasteiger partial charge is 0.323 e. The lowest BCUT2D eigenvalue weighted by Crippen LogP contribution is -2.07. The molecule has 0 radical (unpaired) electrons. The van der Waals surface area contributed by atoms with Crippen molar-refractivity contribution in [2.45, 2.75) is 0 Å².